The maximum atomic E-state index is 14.1. The van der Waals surface area contributed by atoms with Crippen LogP contribution in [0.5, 0.6) is 0 Å². The number of nitrogens with one attached hydrogen (secondary N) is 1. The van der Waals surface area contributed by atoms with Gasteiger partial charge in [0.1, 0.15) is 5.82 Å². The molecule has 2 rings (SSSR count). The summed E-state index contributed by atoms with van der Waals surface area (Å²) in [7, 11) is 1.75. The Balaban J connectivity index is 2.33. The second-order valence-corrected chi connectivity index (χ2v) is 5.84. The predicted molar refractivity (Wildman–Crippen MR) is 78.0 cm³/mol. The highest BCUT2D eigenvalue weighted by molar-refractivity contribution is 5.22. The van der Waals surface area contributed by atoms with E-state index in [9.17, 15) is 4.39 Å². The Bertz CT molecular complexity index is 430. The van der Waals surface area contributed by atoms with E-state index in [4.69, 9.17) is 4.74 Å². The molecule has 4 heteroatoms. The van der Waals surface area contributed by atoms with Crippen LogP contribution in [0.3, 0.4) is 0 Å². The summed E-state index contributed by atoms with van der Waals surface area (Å²) in [4.78, 5) is 3.85. The van der Waals surface area contributed by atoms with Crippen LogP contribution in [0.15, 0.2) is 18.5 Å². The standard InChI is InChI=1S/C16H25FN2O/c1-4-19-15(13-7-10-18-11-14(13)17)16(20-3)8-5-12(2)6-9-16/h7,10-12,15,19H,4-6,8-9H2,1-3H3. The van der Waals surface area contributed by atoms with E-state index in [0.717, 1.165) is 38.1 Å². The summed E-state index contributed by atoms with van der Waals surface area (Å²) in [6.45, 7) is 5.10. The van der Waals surface area contributed by atoms with Crippen LogP contribution >= 0.6 is 0 Å². The summed E-state index contributed by atoms with van der Waals surface area (Å²) in [6, 6.07) is 1.65. The molecule has 0 aliphatic heterocycles. The minimum Gasteiger partial charge on any atom is -0.376 e. The zero-order valence-electron chi connectivity index (χ0n) is 12.7. The smallest absolute Gasteiger partial charge is 0.146 e. The number of hydrogen-bond donors (Lipinski definition) is 1. The predicted octanol–water partition coefficient (Wildman–Crippen LogP) is 3.47. The normalized spacial score (nSPS) is 28.3. The van der Waals surface area contributed by atoms with Crippen LogP contribution in [0.4, 0.5) is 4.39 Å². The van der Waals surface area contributed by atoms with E-state index in [2.05, 4.69) is 17.2 Å². The molecule has 0 spiro atoms. The maximum Gasteiger partial charge on any atom is 0.146 e. The number of rotatable bonds is 5. The molecule has 0 saturated heterocycles. The Morgan fingerprint density at radius 2 is 2.20 bits per heavy atom. The van der Waals surface area contributed by atoms with Gasteiger partial charge >= 0.3 is 0 Å². The van der Waals surface area contributed by atoms with Crippen LogP contribution in [-0.4, -0.2) is 24.2 Å². The summed E-state index contributed by atoms with van der Waals surface area (Å²) >= 11 is 0. The first kappa shape index (κ1) is 15.4. The molecule has 1 fully saturated rings. The average molecular weight is 280 g/mol. The number of aromatic nitrogens is 1. The molecule has 1 unspecified atom stereocenters. The van der Waals surface area contributed by atoms with E-state index in [1.165, 1.54) is 6.20 Å². The molecule has 1 N–H and O–H groups in total. The van der Waals surface area contributed by atoms with Gasteiger partial charge in [-0.15, -0.1) is 0 Å². The number of nitrogens with zero attached hydrogens (tertiary/aromatic N) is 1. The van der Waals surface area contributed by atoms with Gasteiger partial charge in [-0.2, -0.15) is 0 Å². The van der Waals surface area contributed by atoms with Gasteiger partial charge < -0.3 is 10.1 Å². The first-order valence-electron chi connectivity index (χ1n) is 7.51. The van der Waals surface area contributed by atoms with Gasteiger partial charge in [-0.25, -0.2) is 4.39 Å². The summed E-state index contributed by atoms with van der Waals surface area (Å²) in [5.41, 5.74) is 0.350. The lowest BCUT2D eigenvalue weighted by Gasteiger charge is -2.44. The second-order valence-electron chi connectivity index (χ2n) is 5.84. The fourth-order valence-corrected chi connectivity index (χ4v) is 3.26. The van der Waals surface area contributed by atoms with Crippen molar-refractivity contribution in [1.29, 1.82) is 0 Å². The molecule has 1 saturated carbocycles. The third-order valence-electron chi connectivity index (χ3n) is 4.58. The van der Waals surface area contributed by atoms with Crippen LogP contribution < -0.4 is 5.32 Å². The van der Waals surface area contributed by atoms with Gasteiger partial charge in [0.25, 0.3) is 0 Å². The number of halogens is 1. The van der Waals surface area contributed by atoms with Crippen LogP contribution in [0, 0.1) is 11.7 Å². The Kier molecular flexibility index (Phi) is 5.11. The van der Waals surface area contributed by atoms with Gasteiger partial charge in [0.15, 0.2) is 0 Å². The van der Waals surface area contributed by atoms with Crippen molar-refractivity contribution in [3.8, 4) is 0 Å². The van der Waals surface area contributed by atoms with Crippen LogP contribution in [0.2, 0.25) is 0 Å². The molecular formula is C16H25FN2O. The Morgan fingerprint density at radius 3 is 2.75 bits per heavy atom. The van der Waals surface area contributed by atoms with Gasteiger partial charge in [0, 0.05) is 18.9 Å². The minimum absolute atomic E-state index is 0.118. The topological polar surface area (TPSA) is 34.2 Å². The highest BCUT2D eigenvalue weighted by Gasteiger charge is 2.42. The molecule has 112 valence electrons. The molecule has 1 aromatic heterocycles. The second kappa shape index (κ2) is 6.64. The lowest BCUT2D eigenvalue weighted by atomic mass is 9.73. The lowest BCUT2D eigenvalue weighted by Crippen LogP contribution is -2.48. The van der Waals surface area contributed by atoms with Crippen LogP contribution in [0.25, 0.3) is 0 Å². The fourth-order valence-electron chi connectivity index (χ4n) is 3.26. The fraction of sp³-hybridized carbons (Fsp3) is 0.688. The summed E-state index contributed by atoms with van der Waals surface area (Å²) < 4.78 is 20.0. The summed E-state index contributed by atoms with van der Waals surface area (Å²) in [6.07, 6.45) is 7.12. The van der Waals surface area contributed by atoms with Crippen molar-refractivity contribution in [2.45, 2.75) is 51.2 Å². The van der Waals surface area contributed by atoms with E-state index >= 15 is 0 Å². The van der Waals surface area contributed by atoms with Crippen LogP contribution in [-0.2, 0) is 4.74 Å². The van der Waals surface area contributed by atoms with Crippen molar-refractivity contribution < 1.29 is 9.13 Å². The molecule has 0 bridgehead atoms. The van der Waals surface area contributed by atoms with E-state index in [0.29, 0.717) is 5.56 Å². The molecule has 1 aliphatic carbocycles. The van der Waals surface area contributed by atoms with Crippen molar-refractivity contribution in [3.05, 3.63) is 29.8 Å². The Morgan fingerprint density at radius 1 is 1.50 bits per heavy atom. The molecule has 1 heterocycles. The van der Waals surface area contributed by atoms with Gasteiger partial charge in [-0.1, -0.05) is 13.8 Å². The van der Waals surface area contributed by atoms with Crippen molar-refractivity contribution in [2.24, 2.45) is 5.92 Å². The van der Waals surface area contributed by atoms with Gasteiger partial charge in [0.2, 0.25) is 0 Å². The Hall–Kier alpha value is -1.00. The highest BCUT2D eigenvalue weighted by Crippen LogP contribution is 2.43. The van der Waals surface area contributed by atoms with Crippen molar-refractivity contribution in [1.82, 2.24) is 10.3 Å². The molecule has 3 nitrogen and oxygen atoms in total. The van der Waals surface area contributed by atoms with Crippen molar-refractivity contribution in [2.75, 3.05) is 13.7 Å². The molecular weight excluding hydrogens is 255 g/mol. The van der Waals surface area contributed by atoms with E-state index in [1.807, 2.05) is 6.92 Å². The van der Waals surface area contributed by atoms with E-state index in [1.54, 1.807) is 19.4 Å². The highest BCUT2D eigenvalue weighted by atomic mass is 19.1. The van der Waals surface area contributed by atoms with Crippen molar-refractivity contribution >= 4 is 0 Å². The zero-order valence-corrected chi connectivity index (χ0v) is 12.7. The molecule has 1 aromatic rings. The SMILES string of the molecule is CCNC(c1ccncc1F)C1(OC)CCC(C)CC1. The van der Waals surface area contributed by atoms with Gasteiger partial charge in [-0.3, -0.25) is 4.98 Å². The number of methoxy groups -OCH3 is 1. The minimum atomic E-state index is -0.315. The molecule has 0 amide bonds. The van der Waals surface area contributed by atoms with E-state index < -0.39 is 0 Å². The molecule has 1 atom stereocenters. The molecule has 1 aliphatic rings. The first-order chi connectivity index (χ1) is 9.63. The number of likely N-dealkylation sites (N-methyl/N-ethyl adjacent to an activating group) is 1. The maximum absolute atomic E-state index is 14.1. The number of pyridine rings is 1. The monoisotopic (exact) mass is 280 g/mol. The zero-order chi connectivity index (χ0) is 14.6. The van der Waals surface area contributed by atoms with Crippen LogP contribution in [0.1, 0.15) is 51.1 Å². The lowest BCUT2D eigenvalue weighted by molar-refractivity contribution is -0.0764. The number of hydrogen-bond acceptors (Lipinski definition) is 3. The molecule has 20 heavy (non-hydrogen) atoms. The molecule has 0 radical (unpaired) electrons. The summed E-state index contributed by atoms with van der Waals surface area (Å²) in [5, 5.41) is 3.42. The van der Waals surface area contributed by atoms with Gasteiger partial charge in [0.05, 0.1) is 17.8 Å². The molecule has 0 aromatic carbocycles. The average Bonchev–Trinajstić information content (AvgIpc) is 2.47. The van der Waals surface area contributed by atoms with E-state index in [-0.39, 0.29) is 17.5 Å². The van der Waals surface area contributed by atoms with Gasteiger partial charge in [-0.05, 0) is 44.2 Å². The Labute approximate surface area is 120 Å². The van der Waals surface area contributed by atoms with Crippen molar-refractivity contribution in [3.63, 3.8) is 0 Å². The third-order valence-corrected chi connectivity index (χ3v) is 4.58. The largest absolute Gasteiger partial charge is 0.376 e. The number of ether oxygens (including phenoxy) is 1. The third kappa shape index (κ3) is 3.01. The first-order valence-corrected chi connectivity index (χ1v) is 7.51. The quantitative estimate of drug-likeness (QED) is 0.897. The summed E-state index contributed by atoms with van der Waals surface area (Å²) in [5.74, 6) is 0.469.